The van der Waals surface area contributed by atoms with E-state index in [4.69, 9.17) is 9.47 Å². The first-order valence-corrected chi connectivity index (χ1v) is 9.49. The Hall–Kier alpha value is -0.850. The van der Waals surface area contributed by atoms with Gasteiger partial charge in [0.1, 0.15) is 0 Å². The molecule has 0 radical (unpaired) electrons. The number of urea groups is 1. The molecule has 24 heavy (non-hydrogen) atoms. The summed E-state index contributed by atoms with van der Waals surface area (Å²) in [6.45, 7) is 6.66. The SMILES string of the molecule is CN(C)CCOC[C@]12CCCO[C@H]1CCN(C(=O)N1CCCC1)C2. The predicted octanol–water partition coefficient (Wildman–Crippen LogP) is 1.65. The fourth-order valence-corrected chi connectivity index (χ4v) is 4.30. The van der Waals surface area contributed by atoms with Gasteiger partial charge >= 0.3 is 6.03 Å². The van der Waals surface area contributed by atoms with Crippen LogP contribution in [0, 0.1) is 5.41 Å². The molecule has 0 aliphatic carbocycles. The molecule has 0 aromatic carbocycles. The summed E-state index contributed by atoms with van der Waals surface area (Å²) in [7, 11) is 4.12. The molecule has 3 heterocycles. The summed E-state index contributed by atoms with van der Waals surface area (Å²) < 4.78 is 12.1. The van der Waals surface area contributed by atoms with E-state index in [1.807, 2.05) is 4.90 Å². The Balaban J connectivity index is 1.61. The summed E-state index contributed by atoms with van der Waals surface area (Å²) in [5.74, 6) is 0. The van der Waals surface area contributed by atoms with Crippen molar-refractivity contribution in [3.63, 3.8) is 0 Å². The van der Waals surface area contributed by atoms with Gasteiger partial charge < -0.3 is 24.2 Å². The highest BCUT2D eigenvalue weighted by Crippen LogP contribution is 2.40. The molecule has 138 valence electrons. The van der Waals surface area contributed by atoms with E-state index in [-0.39, 0.29) is 17.6 Å². The molecule has 3 aliphatic heterocycles. The van der Waals surface area contributed by atoms with Crippen molar-refractivity contribution in [2.75, 3.05) is 66.6 Å². The Morgan fingerprint density at radius 1 is 1.21 bits per heavy atom. The summed E-state index contributed by atoms with van der Waals surface area (Å²) in [6, 6.07) is 0.226. The number of hydrogen-bond acceptors (Lipinski definition) is 4. The van der Waals surface area contributed by atoms with Gasteiger partial charge in [-0.25, -0.2) is 4.79 Å². The Kier molecular flexibility index (Phi) is 6.00. The number of amides is 2. The molecule has 0 N–H and O–H groups in total. The molecule has 0 bridgehead atoms. The van der Waals surface area contributed by atoms with Crippen molar-refractivity contribution in [2.45, 2.75) is 38.2 Å². The van der Waals surface area contributed by atoms with Crippen LogP contribution in [0.2, 0.25) is 0 Å². The van der Waals surface area contributed by atoms with Gasteiger partial charge in [-0.3, -0.25) is 0 Å². The normalized spacial score (nSPS) is 30.7. The van der Waals surface area contributed by atoms with Crippen molar-refractivity contribution in [1.29, 1.82) is 0 Å². The van der Waals surface area contributed by atoms with E-state index in [0.29, 0.717) is 6.61 Å². The lowest BCUT2D eigenvalue weighted by molar-refractivity contribution is -0.147. The van der Waals surface area contributed by atoms with Gasteiger partial charge in [-0.1, -0.05) is 0 Å². The molecular formula is C18H33N3O3. The van der Waals surface area contributed by atoms with Gasteiger partial charge in [0, 0.05) is 44.7 Å². The molecule has 3 saturated heterocycles. The minimum atomic E-state index is -0.0157. The molecule has 6 heteroatoms. The fourth-order valence-electron chi connectivity index (χ4n) is 4.30. The Morgan fingerprint density at radius 3 is 2.75 bits per heavy atom. The number of ether oxygens (including phenoxy) is 2. The maximum absolute atomic E-state index is 12.8. The second-order valence-electron chi connectivity index (χ2n) is 7.87. The molecule has 3 aliphatic rings. The number of piperidine rings is 1. The zero-order valence-electron chi connectivity index (χ0n) is 15.3. The third-order valence-electron chi connectivity index (χ3n) is 5.71. The highest BCUT2D eigenvalue weighted by atomic mass is 16.5. The Bertz CT molecular complexity index is 426. The van der Waals surface area contributed by atoms with Crippen molar-refractivity contribution in [2.24, 2.45) is 5.41 Å². The molecule has 0 unspecified atom stereocenters. The molecule has 6 nitrogen and oxygen atoms in total. The second kappa shape index (κ2) is 8.02. The van der Waals surface area contributed by atoms with E-state index >= 15 is 0 Å². The topological polar surface area (TPSA) is 45.3 Å². The number of likely N-dealkylation sites (tertiary alicyclic amines) is 2. The summed E-state index contributed by atoms with van der Waals surface area (Å²) in [6.07, 6.45) is 5.64. The highest BCUT2D eigenvalue weighted by molar-refractivity contribution is 5.75. The first kappa shape index (κ1) is 18.0. The Morgan fingerprint density at radius 2 is 2.00 bits per heavy atom. The van der Waals surface area contributed by atoms with Crippen LogP contribution < -0.4 is 0 Å². The summed E-state index contributed by atoms with van der Waals surface area (Å²) >= 11 is 0. The van der Waals surface area contributed by atoms with Crippen molar-refractivity contribution in [1.82, 2.24) is 14.7 Å². The maximum Gasteiger partial charge on any atom is 0.320 e. The standard InChI is InChI=1S/C18H33N3O3/c1-19(2)11-13-23-15-18-7-5-12-24-16(18)6-10-21(14-18)17(22)20-8-3-4-9-20/h16H,3-15H2,1-2H3/t16-,18+/m0/s1. The zero-order chi connectivity index (χ0) is 17.0. The largest absolute Gasteiger partial charge is 0.379 e. The average Bonchev–Trinajstić information content (AvgIpc) is 3.12. The van der Waals surface area contributed by atoms with Gasteiger partial charge in [-0.05, 0) is 46.2 Å². The van der Waals surface area contributed by atoms with Gasteiger partial charge in [0.2, 0.25) is 0 Å². The van der Waals surface area contributed by atoms with E-state index < -0.39 is 0 Å². The lowest BCUT2D eigenvalue weighted by atomic mass is 9.73. The van der Waals surface area contributed by atoms with Crippen molar-refractivity contribution < 1.29 is 14.3 Å². The van der Waals surface area contributed by atoms with Crippen molar-refractivity contribution >= 4 is 6.03 Å². The van der Waals surface area contributed by atoms with Gasteiger partial charge in [-0.2, -0.15) is 0 Å². The van der Waals surface area contributed by atoms with Gasteiger partial charge in [0.15, 0.2) is 0 Å². The number of fused-ring (bicyclic) bond motifs is 1. The van der Waals surface area contributed by atoms with Crippen LogP contribution in [0.25, 0.3) is 0 Å². The van der Waals surface area contributed by atoms with E-state index in [9.17, 15) is 4.79 Å². The first-order chi connectivity index (χ1) is 11.6. The van der Waals surface area contributed by atoms with Crippen LogP contribution in [-0.4, -0.2) is 93.5 Å². The number of likely N-dealkylation sites (N-methyl/N-ethyl adjacent to an activating group) is 1. The van der Waals surface area contributed by atoms with Gasteiger partial charge in [0.05, 0.1) is 19.3 Å². The molecule has 0 aromatic heterocycles. The van der Waals surface area contributed by atoms with Crippen molar-refractivity contribution in [3.05, 3.63) is 0 Å². The minimum absolute atomic E-state index is 0.0157. The van der Waals surface area contributed by atoms with Gasteiger partial charge in [0.25, 0.3) is 0 Å². The van der Waals surface area contributed by atoms with Crippen LogP contribution in [0.15, 0.2) is 0 Å². The van der Waals surface area contributed by atoms with Crippen LogP contribution in [0.3, 0.4) is 0 Å². The third-order valence-corrected chi connectivity index (χ3v) is 5.71. The number of nitrogens with zero attached hydrogens (tertiary/aromatic N) is 3. The molecule has 3 fully saturated rings. The smallest absolute Gasteiger partial charge is 0.320 e. The summed E-state index contributed by atoms with van der Waals surface area (Å²) in [5.41, 5.74) is -0.0157. The lowest BCUT2D eigenvalue weighted by Gasteiger charge is -2.50. The molecular weight excluding hydrogens is 306 g/mol. The monoisotopic (exact) mass is 339 g/mol. The van der Waals surface area contributed by atoms with Crippen LogP contribution >= 0.6 is 0 Å². The molecule has 2 atom stereocenters. The van der Waals surface area contributed by atoms with E-state index in [1.165, 1.54) is 0 Å². The van der Waals surface area contributed by atoms with Crippen LogP contribution in [-0.2, 0) is 9.47 Å². The van der Waals surface area contributed by atoms with Gasteiger partial charge in [-0.15, -0.1) is 0 Å². The summed E-state index contributed by atoms with van der Waals surface area (Å²) in [5, 5.41) is 0. The maximum atomic E-state index is 12.8. The molecule has 0 aromatic rings. The molecule has 2 amide bonds. The first-order valence-electron chi connectivity index (χ1n) is 9.49. The number of carbonyl (C=O) groups excluding carboxylic acids is 1. The lowest BCUT2D eigenvalue weighted by Crippen LogP contribution is -2.59. The number of carbonyl (C=O) groups is 1. The number of rotatable bonds is 5. The van der Waals surface area contributed by atoms with Crippen LogP contribution in [0.1, 0.15) is 32.1 Å². The van der Waals surface area contributed by atoms with Crippen LogP contribution in [0.4, 0.5) is 4.79 Å². The third kappa shape index (κ3) is 4.03. The number of hydrogen-bond donors (Lipinski definition) is 0. The second-order valence-corrected chi connectivity index (χ2v) is 7.87. The van der Waals surface area contributed by atoms with E-state index in [0.717, 1.165) is 78.0 Å². The van der Waals surface area contributed by atoms with E-state index in [2.05, 4.69) is 23.9 Å². The van der Waals surface area contributed by atoms with Crippen molar-refractivity contribution in [3.8, 4) is 0 Å². The molecule has 3 rings (SSSR count). The fraction of sp³-hybridized carbons (Fsp3) is 0.944. The minimum Gasteiger partial charge on any atom is -0.379 e. The van der Waals surface area contributed by atoms with Crippen LogP contribution in [0.5, 0.6) is 0 Å². The predicted molar refractivity (Wildman–Crippen MR) is 93.2 cm³/mol. The average molecular weight is 339 g/mol. The highest BCUT2D eigenvalue weighted by Gasteiger charge is 2.47. The summed E-state index contributed by atoms with van der Waals surface area (Å²) in [4.78, 5) is 19.0. The van der Waals surface area contributed by atoms with E-state index in [1.54, 1.807) is 0 Å². The zero-order valence-corrected chi connectivity index (χ0v) is 15.3. The Labute approximate surface area is 146 Å². The quantitative estimate of drug-likeness (QED) is 0.715. The molecule has 0 saturated carbocycles. The molecule has 0 spiro atoms.